The molecule has 1 aliphatic carbocycles. The zero-order chi connectivity index (χ0) is 27.1. The molecular formula is C27H31ClN10. The van der Waals surface area contributed by atoms with Gasteiger partial charge in [0.15, 0.2) is 5.70 Å². The summed E-state index contributed by atoms with van der Waals surface area (Å²) in [6.07, 6.45) is 7.59. The van der Waals surface area contributed by atoms with Gasteiger partial charge in [-0.25, -0.2) is 0 Å². The molecule has 1 saturated heterocycles. The number of guanidine groups is 1. The summed E-state index contributed by atoms with van der Waals surface area (Å²) in [7, 11) is 0. The Labute approximate surface area is 228 Å². The smallest absolute Gasteiger partial charge is 0.221 e. The minimum atomic E-state index is 0.258. The van der Waals surface area contributed by atoms with E-state index in [1.165, 1.54) is 6.20 Å². The summed E-state index contributed by atoms with van der Waals surface area (Å²) in [5.74, 6) is 0.932. The van der Waals surface area contributed by atoms with E-state index in [0.29, 0.717) is 34.6 Å². The number of hydrazine groups is 1. The molecule has 3 aliphatic rings. The number of hydrogen-bond acceptors (Lipinski definition) is 9. The molecule has 196 valence electrons. The van der Waals surface area contributed by atoms with Crippen LogP contribution in [-0.2, 0) is 0 Å². The number of rotatable bonds is 8. The number of nitrogens with zero attached hydrogens (tertiary/aromatic N) is 8. The first-order chi connectivity index (χ1) is 18.4. The summed E-state index contributed by atoms with van der Waals surface area (Å²) in [4.78, 5) is 17.6. The predicted molar refractivity (Wildman–Crippen MR) is 153 cm³/mol. The molecule has 2 aliphatic heterocycles. The Hall–Kier alpha value is -4.12. The lowest BCUT2D eigenvalue weighted by molar-refractivity contribution is 0.284. The van der Waals surface area contributed by atoms with Crippen molar-refractivity contribution in [1.82, 2.24) is 15.3 Å². The van der Waals surface area contributed by atoms with Crippen LogP contribution in [0.3, 0.4) is 0 Å². The molecule has 2 heterocycles. The summed E-state index contributed by atoms with van der Waals surface area (Å²) < 4.78 is 0. The van der Waals surface area contributed by atoms with Crippen LogP contribution in [-0.4, -0.2) is 73.7 Å². The summed E-state index contributed by atoms with van der Waals surface area (Å²) in [5, 5.41) is 24.6. The Kier molecular flexibility index (Phi) is 8.80. The number of benzene rings is 1. The molecule has 2 N–H and O–H groups in total. The zero-order valence-electron chi connectivity index (χ0n) is 21.5. The molecule has 2 fully saturated rings. The van der Waals surface area contributed by atoms with E-state index in [4.69, 9.17) is 11.6 Å². The molecule has 0 bridgehead atoms. The Morgan fingerprint density at radius 1 is 1.29 bits per heavy atom. The highest BCUT2D eigenvalue weighted by Crippen LogP contribution is 2.35. The van der Waals surface area contributed by atoms with E-state index in [1.54, 1.807) is 11.1 Å². The number of anilines is 2. The van der Waals surface area contributed by atoms with Gasteiger partial charge >= 0.3 is 0 Å². The van der Waals surface area contributed by atoms with Gasteiger partial charge in [0.1, 0.15) is 18.4 Å². The number of halogens is 1. The summed E-state index contributed by atoms with van der Waals surface area (Å²) in [5.41, 5.74) is 6.21. The second-order valence-electron chi connectivity index (χ2n) is 9.37. The summed E-state index contributed by atoms with van der Waals surface area (Å²) >= 11 is 6.89. The van der Waals surface area contributed by atoms with Crippen LogP contribution in [0.2, 0.25) is 5.02 Å². The molecule has 0 spiro atoms. The molecule has 10 nitrogen and oxygen atoms in total. The van der Waals surface area contributed by atoms with Crippen molar-refractivity contribution in [2.75, 3.05) is 49.5 Å². The molecule has 1 aromatic rings. The van der Waals surface area contributed by atoms with Crippen LogP contribution in [0, 0.1) is 22.7 Å². The van der Waals surface area contributed by atoms with E-state index in [0.717, 1.165) is 56.8 Å². The molecule has 1 saturated carbocycles. The minimum Gasteiger partial charge on any atom is -0.368 e. The van der Waals surface area contributed by atoms with Gasteiger partial charge in [0, 0.05) is 32.7 Å². The number of aliphatic imine (C=N–C) groups is 3. The van der Waals surface area contributed by atoms with E-state index in [9.17, 15) is 10.5 Å². The average molecular weight is 531 g/mol. The fourth-order valence-electron chi connectivity index (χ4n) is 4.13. The van der Waals surface area contributed by atoms with Gasteiger partial charge in [0.2, 0.25) is 5.96 Å². The van der Waals surface area contributed by atoms with Gasteiger partial charge in [-0.1, -0.05) is 35.9 Å². The van der Waals surface area contributed by atoms with E-state index in [2.05, 4.69) is 67.0 Å². The molecule has 11 heteroatoms. The second-order valence-corrected chi connectivity index (χ2v) is 9.75. The van der Waals surface area contributed by atoms with Crippen LogP contribution in [0.1, 0.15) is 25.3 Å². The molecule has 0 unspecified atom stereocenters. The number of allylic oxidation sites excluding steroid dienone is 3. The topological polar surface area (TPSA) is 118 Å². The van der Waals surface area contributed by atoms with Crippen LogP contribution >= 0.6 is 11.6 Å². The third-order valence-corrected chi connectivity index (χ3v) is 6.59. The molecular weight excluding hydrogens is 500 g/mol. The highest BCUT2D eigenvalue weighted by Gasteiger charge is 2.26. The van der Waals surface area contributed by atoms with Gasteiger partial charge in [-0.2, -0.15) is 15.5 Å². The van der Waals surface area contributed by atoms with Crippen LogP contribution in [0.5, 0.6) is 0 Å². The maximum Gasteiger partial charge on any atom is 0.221 e. The van der Waals surface area contributed by atoms with Crippen molar-refractivity contribution in [3.63, 3.8) is 0 Å². The van der Waals surface area contributed by atoms with Gasteiger partial charge in [-0.05, 0) is 38.6 Å². The molecule has 0 radical (unpaired) electrons. The van der Waals surface area contributed by atoms with Crippen LogP contribution in [0.4, 0.5) is 11.4 Å². The molecule has 0 aromatic heterocycles. The maximum atomic E-state index is 9.72. The van der Waals surface area contributed by atoms with Crippen molar-refractivity contribution in [2.45, 2.75) is 25.8 Å². The van der Waals surface area contributed by atoms with Crippen LogP contribution in [0.15, 0.2) is 63.3 Å². The van der Waals surface area contributed by atoms with Crippen molar-refractivity contribution in [3.05, 3.63) is 58.9 Å². The van der Waals surface area contributed by atoms with Gasteiger partial charge in [-0.3, -0.25) is 25.3 Å². The van der Waals surface area contributed by atoms with Gasteiger partial charge in [-0.15, -0.1) is 0 Å². The highest BCUT2D eigenvalue weighted by atomic mass is 35.5. The zero-order valence-corrected chi connectivity index (χ0v) is 22.2. The fraction of sp³-hybridized carbons (Fsp3) is 0.370. The second kappa shape index (κ2) is 12.4. The normalized spacial score (nSPS) is 19.5. The first-order valence-corrected chi connectivity index (χ1v) is 12.8. The first-order valence-electron chi connectivity index (χ1n) is 12.5. The van der Waals surface area contributed by atoms with Gasteiger partial charge < -0.3 is 10.2 Å². The lowest BCUT2D eigenvalue weighted by atomic mass is 10.1. The Balaban J connectivity index is 1.55. The highest BCUT2D eigenvalue weighted by molar-refractivity contribution is 6.36. The lowest BCUT2D eigenvalue weighted by Crippen LogP contribution is -2.51. The minimum absolute atomic E-state index is 0.258. The fourth-order valence-corrected chi connectivity index (χ4v) is 4.40. The quantitative estimate of drug-likeness (QED) is 0.299. The van der Waals surface area contributed by atoms with E-state index in [1.807, 2.05) is 19.1 Å². The van der Waals surface area contributed by atoms with Crippen molar-refractivity contribution in [2.24, 2.45) is 15.0 Å². The van der Waals surface area contributed by atoms with Crippen molar-refractivity contribution in [1.29, 1.82) is 10.5 Å². The number of nitrogens with one attached hydrogen (secondary N) is 2. The largest absolute Gasteiger partial charge is 0.368 e. The monoisotopic (exact) mass is 530 g/mol. The summed E-state index contributed by atoms with van der Waals surface area (Å²) in [6, 6.07) is 8.12. The van der Waals surface area contributed by atoms with Crippen molar-refractivity contribution >= 4 is 41.5 Å². The van der Waals surface area contributed by atoms with Gasteiger partial charge in [0.25, 0.3) is 0 Å². The maximum absolute atomic E-state index is 9.72. The Bertz CT molecular complexity index is 1280. The molecule has 4 rings (SSSR count). The van der Waals surface area contributed by atoms with Gasteiger partial charge in [0.05, 0.1) is 40.3 Å². The third-order valence-electron chi connectivity index (χ3n) is 6.19. The average Bonchev–Trinajstić information content (AvgIpc) is 3.72. The third kappa shape index (κ3) is 7.00. The van der Waals surface area contributed by atoms with Crippen LogP contribution in [0.25, 0.3) is 0 Å². The summed E-state index contributed by atoms with van der Waals surface area (Å²) in [6.45, 7) is 13.8. The molecule has 38 heavy (non-hydrogen) atoms. The Morgan fingerprint density at radius 2 is 2.05 bits per heavy atom. The molecule has 0 amide bonds. The number of hydrogen-bond donors (Lipinski definition) is 2. The first kappa shape index (κ1) is 26.9. The Morgan fingerprint density at radius 3 is 2.68 bits per heavy atom. The van der Waals surface area contributed by atoms with Crippen molar-refractivity contribution in [3.8, 4) is 12.1 Å². The van der Waals surface area contributed by atoms with E-state index >= 15 is 0 Å². The number of nitriles is 2. The van der Waals surface area contributed by atoms with E-state index in [-0.39, 0.29) is 11.7 Å². The molecule has 1 aromatic carbocycles. The van der Waals surface area contributed by atoms with E-state index < -0.39 is 0 Å². The SMILES string of the molecule is C=N/C=C(/C#N)N1CC(=NC2CC2)N=C(Nc2cc(C#N)cc(N3CCN(C/C=C/C(=C)C)CC3)c2Cl)N1. The predicted octanol–water partition coefficient (Wildman–Crippen LogP) is 3.68. The van der Waals surface area contributed by atoms with Crippen LogP contribution < -0.4 is 15.6 Å². The standard InChI is InChI=1S/C27H31ClN10/c1-19(2)5-4-8-36-9-11-37(12-10-36)24-14-20(15-29)13-23(26(24)28)33-27-34-25(32-21-6-7-21)18-38(35-27)22(16-30)17-31-3/h4-5,13-14,17,21H,1,3,6-12,18H2,2H3,(H2,32,33,34,35)/b5-4+,22-17-. The van der Waals surface area contributed by atoms with Crippen molar-refractivity contribution < 1.29 is 0 Å². The lowest BCUT2D eigenvalue weighted by Gasteiger charge is -2.36. The molecule has 0 atom stereocenters. The number of amidine groups is 1. The number of piperazine rings is 1.